The molecule has 2 amide bonds. The third-order valence-corrected chi connectivity index (χ3v) is 4.45. The maximum absolute atomic E-state index is 12.7. The lowest BCUT2D eigenvalue weighted by Gasteiger charge is -2.09. The van der Waals surface area contributed by atoms with Crippen LogP contribution in [-0.4, -0.2) is 23.1 Å². The molecule has 0 bridgehead atoms. The normalized spacial score (nSPS) is 11.5. The van der Waals surface area contributed by atoms with Crippen molar-refractivity contribution in [3.63, 3.8) is 0 Å². The van der Waals surface area contributed by atoms with Gasteiger partial charge in [0, 0.05) is 5.69 Å². The highest BCUT2D eigenvalue weighted by atomic mass is 79.9. The molecule has 148 valence electrons. The largest absolute Gasteiger partial charge is 0.506 e. The summed E-state index contributed by atoms with van der Waals surface area (Å²) < 4.78 is 38.8. The molecule has 0 aromatic heterocycles. The molecule has 0 aliphatic heterocycles. The van der Waals surface area contributed by atoms with E-state index in [2.05, 4.69) is 47.7 Å². The number of hydrogen-bond acceptors (Lipinski definition) is 4. The van der Waals surface area contributed by atoms with E-state index in [1.54, 1.807) is 12.1 Å². The summed E-state index contributed by atoms with van der Waals surface area (Å²) >= 11 is 6.29. The molecule has 0 aliphatic rings. The molecule has 0 radical (unpaired) electrons. The molecule has 0 heterocycles. The molecule has 0 saturated heterocycles. The van der Waals surface area contributed by atoms with Crippen LogP contribution < -0.4 is 10.7 Å². The maximum atomic E-state index is 12.7. The van der Waals surface area contributed by atoms with Gasteiger partial charge < -0.3 is 10.4 Å². The van der Waals surface area contributed by atoms with Crippen LogP contribution in [0.3, 0.4) is 0 Å². The highest BCUT2D eigenvalue weighted by molar-refractivity contribution is 9.11. The lowest BCUT2D eigenvalue weighted by molar-refractivity contribution is -0.137. The summed E-state index contributed by atoms with van der Waals surface area (Å²) in [6, 6.07) is 7.18. The van der Waals surface area contributed by atoms with Gasteiger partial charge in [-0.3, -0.25) is 9.59 Å². The van der Waals surface area contributed by atoms with Crippen molar-refractivity contribution in [2.24, 2.45) is 5.10 Å². The zero-order valence-corrected chi connectivity index (χ0v) is 17.0. The Morgan fingerprint density at radius 1 is 1.11 bits per heavy atom. The second-order valence-corrected chi connectivity index (χ2v) is 7.14. The second-order valence-electron chi connectivity index (χ2n) is 5.43. The van der Waals surface area contributed by atoms with Gasteiger partial charge in [-0.05, 0) is 67.8 Å². The summed E-state index contributed by atoms with van der Waals surface area (Å²) in [7, 11) is 0. The molecule has 11 heteroatoms. The van der Waals surface area contributed by atoms with Gasteiger partial charge in [0.25, 0.3) is 0 Å². The summed E-state index contributed by atoms with van der Waals surface area (Å²) in [6.07, 6.45) is -3.88. The van der Waals surface area contributed by atoms with Gasteiger partial charge in [-0.25, -0.2) is 5.43 Å². The van der Waals surface area contributed by atoms with Crippen molar-refractivity contribution in [3.05, 3.63) is 56.5 Å². The number of hydrazone groups is 1. The Morgan fingerprint density at radius 3 is 2.36 bits per heavy atom. The van der Waals surface area contributed by atoms with Crippen molar-refractivity contribution in [1.82, 2.24) is 5.43 Å². The van der Waals surface area contributed by atoms with Crippen LogP contribution in [0.15, 0.2) is 50.4 Å². The average Bonchev–Trinajstić information content (AvgIpc) is 2.59. The Hall–Kier alpha value is -2.40. The molecular formula is C17H12Br2F3N3O3. The molecule has 28 heavy (non-hydrogen) atoms. The molecule has 2 aromatic rings. The quantitative estimate of drug-likeness (QED) is 0.308. The topological polar surface area (TPSA) is 90.8 Å². The van der Waals surface area contributed by atoms with E-state index in [-0.39, 0.29) is 11.4 Å². The Kier molecular flexibility index (Phi) is 7.19. The third-order valence-electron chi connectivity index (χ3n) is 3.24. The van der Waals surface area contributed by atoms with E-state index in [1.807, 2.05) is 0 Å². The first-order chi connectivity index (χ1) is 13.1. The number of nitrogens with one attached hydrogen (secondary N) is 2. The van der Waals surface area contributed by atoms with Crippen molar-refractivity contribution in [2.75, 3.05) is 5.32 Å². The van der Waals surface area contributed by atoms with Crippen LogP contribution in [0.4, 0.5) is 18.9 Å². The van der Waals surface area contributed by atoms with E-state index in [0.717, 1.165) is 18.2 Å². The smallest absolute Gasteiger partial charge is 0.416 e. The fourth-order valence-electron chi connectivity index (χ4n) is 2.00. The van der Waals surface area contributed by atoms with Crippen LogP contribution >= 0.6 is 31.9 Å². The molecule has 3 N–H and O–H groups in total. The minimum Gasteiger partial charge on any atom is -0.506 e. The molecule has 0 fully saturated rings. The van der Waals surface area contributed by atoms with Gasteiger partial charge in [-0.2, -0.15) is 18.3 Å². The molecule has 6 nitrogen and oxygen atoms in total. The number of nitrogens with zero attached hydrogens (tertiary/aromatic N) is 1. The van der Waals surface area contributed by atoms with Crippen LogP contribution in [0.25, 0.3) is 0 Å². The number of phenols is 1. The van der Waals surface area contributed by atoms with E-state index < -0.39 is 30.0 Å². The minimum atomic E-state index is -4.54. The van der Waals surface area contributed by atoms with Crippen LogP contribution in [0.1, 0.15) is 17.5 Å². The third kappa shape index (κ3) is 6.34. The van der Waals surface area contributed by atoms with Gasteiger partial charge in [0.05, 0.1) is 20.7 Å². The van der Waals surface area contributed by atoms with E-state index in [1.165, 1.54) is 12.3 Å². The van der Waals surface area contributed by atoms with E-state index >= 15 is 0 Å². The number of phenolic OH excluding ortho intramolecular Hbond substituents is 1. The molecule has 2 rings (SSSR count). The van der Waals surface area contributed by atoms with Crippen molar-refractivity contribution in [3.8, 4) is 5.75 Å². The molecule has 0 aliphatic carbocycles. The predicted molar refractivity (Wildman–Crippen MR) is 104 cm³/mol. The van der Waals surface area contributed by atoms with Gasteiger partial charge in [0.15, 0.2) is 0 Å². The fraction of sp³-hybridized carbons (Fsp3) is 0.118. The number of aromatic hydroxyl groups is 1. The zero-order chi connectivity index (χ0) is 20.9. The molecule has 0 atom stereocenters. The average molecular weight is 523 g/mol. The predicted octanol–water partition coefficient (Wildman–Crippen LogP) is 4.41. The first-order valence-corrected chi connectivity index (χ1v) is 9.12. The number of carbonyl (C=O) groups excluding carboxylic acids is 2. The van der Waals surface area contributed by atoms with Gasteiger partial charge in [-0.15, -0.1) is 0 Å². The number of anilines is 1. The van der Waals surface area contributed by atoms with Gasteiger partial charge in [-0.1, -0.05) is 6.07 Å². The van der Waals surface area contributed by atoms with E-state index in [9.17, 15) is 27.9 Å². The van der Waals surface area contributed by atoms with Crippen LogP contribution in [-0.2, 0) is 15.8 Å². The van der Waals surface area contributed by atoms with E-state index in [0.29, 0.717) is 14.5 Å². The second kappa shape index (κ2) is 9.20. The molecule has 2 aromatic carbocycles. The summed E-state index contributed by atoms with van der Waals surface area (Å²) in [4.78, 5) is 23.5. The van der Waals surface area contributed by atoms with Crippen molar-refractivity contribution < 1.29 is 27.9 Å². The lowest BCUT2D eigenvalue weighted by Crippen LogP contribution is -2.24. The zero-order valence-electron chi connectivity index (χ0n) is 13.8. The number of rotatable bonds is 5. The summed E-state index contributed by atoms with van der Waals surface area (Å²) in [5, 5.41) is 15.5. The summed E-state index contributed by atoms with van der Waals surface area (Å²) in [6.45, 7) is 0. The first kappa shape index (κ1) is 21.9. The summed E-state index contributed by atoms with van der Waals surface area (Å²) in [5.41, 5.74) is 1.69. The highest BCUT2D eigenvalue weighted by Gasteiger charge is 2.30. The number of carbonyl (C=O) groups is 2. The van der Waals surface area contributed by atoms with E-state index in [4.69, 9.17) is 0 Å². The Bertz CT molecular complexity index is 910. The van der Waals surface area contributed by atoms with Gasteiger partial charge >= 0.3 is 6.18 Å². The standard InChI is InChI=1S/C17H12Br2F3N3O3/c18-12-4-9(5-13(19)16(12)28)8-23-25-15(27)7-14(26)24-11-3-1-2-10(6-11)17(20,21)22/h1-6,8,28H,7H2,(H,24,26)(H,25,27). The Morgan fingerprint density at radius 2 is 1.75 bits per heavy atom. The highest BCUT2D eigenvalue weighted by Crippen LogP contribution is 2.33. The Balaban J connectivity index is 1.90. The number of alkyl halides is 3. The van der Waals surface area contributed by atoms with Crippen LogP contribution in [0.2, 0.25) is 0 Å². The van der Waals surface area contributed by atoms with Crippen molar-refractivity contribution >= 4 is 55.6 Å². The van der Waals surface area contributed by atoms with Crippen LogP contribution in [0, 0.1) is 0 Å². The number of halogens is 5. The van der Waals surface area contributed by atoms with Crippen molar-refractivity contribution in [2.45, 2.75) is 12.6 Å². The van der Waals surface area contributed by atoms with Crippen molar-refractivity contribution in [1.29, 1.82) is 0 Å². The number of amides is 2. The molecule has 0 spiro atoms. The SMILES string of the molecule is O=C(CC(=O)Nc1cccc(C(F)(F)F)c1)NN=Cc1cc(Br)c(O)c(Br)c1. The molecular weight excluding hydrogens is 511 g/mol. The van der Waals surface area contributed by atoms with Gasteiger partial charge in [0.2, 0.25) is 11.8 Å². The maximum Gasteiger partial charge on any atom is 0.416 e. The number of hydrogen-bond donors (Lipinski definition) is 3. The first-order valence-electron chi connectivity index (χ1n) is 7.53. The molecule has 0 saturated carbocycles. The monoisotopic (exact) mass is 521 g/mol. The minimum absolute atomic E-state index is 0.00690. The lowest BCUT2D eigenvalue weighted by atomic mass is 10.2. The van der Waals surface area contributed by atoms with Gasteiger partial charge in [0.1, 0.15) is 12.2 Å². The fourth-order valence-corrected chi connectivity index (χ4v) is 3.22. The molecule has 0 unspecified atom stereocenters. The summed E-state index contributed by atoms with van der Waals surface area (Å²) in [5.74, 6) is -1.53. The number of benzene rings is 2. The Labute approximate surface area is 174 Å². The van der Waals surface area contributed by atoms with Crippen LogP contribution in [0.5, 0.6) is 5.75 Å².